The van der Waals surface area contributed by atoms with Crippen molar-refractivity contribution in [1.82, 2.24) is 25.6 Å². The summed E-state index contributed by atoms with van der Waals surface area (Å²) in [5.41, 5.74) is 11.5. The van der Waals surface area contributed by atoms with Gasteiger partial charge >= 0.3 is 0 Å². The second-order valence-electron chi connectivity index (χ2n) is 37.4. The summed E-state index contributed by atoms with van der Waals surface area (Å²) in [4.78, 5) is 25.5. The lowest BCUT2D eigenvalue weighted by Crippen LogP contribution is -2.59. The summed E-state index contributed by atoms with van der Waals surface area (Å²) < 4.78 is 32.5. The van der Waals surface area contributed by atoms with Crippen molar-refractivity contribution in [3.8, 4) is 0 Å². The van der Waals surface area contributed by atoms with Crippen molar-refractivity contribution in [2.24, 2.45) is 34.0 Å². The van der Waals surface area contributed by atoms with E-state index in [1.54, 1.807) is 0 Å². The molecule has 4 N–H and O–H groups in total. The van der Waals surface area contributed by atoms with E-state index in [1.165, 1.54) is 121 Å². The summed E-state index contributed by atoms with van der Waals surface area (Å²) in [6.07, 6.45) is 52.8. The molecule has 0 amide bonds. The first-order chi connectivity index (χ1) is 50.9. The van der Waals surface area contributed by atoms with Crippen molar-refractivity contribution >= 4 is 38.1 Å². The Kier molecular flexibility index (Phi) is 15.2. The lowest BCUT2D eigenvalue weighted by atomic mass is 9.58. The third-order valence-electron chi connectivity index (χ3n) is 32.0. The first-order valence-electron chi connectivity index (χ1n) is 40.8. The average Bonchev–Trinajstić information content (AvgIpc) is 1.56. The van der Waals surface area contributed by atoms with Crippen LogP contribution in [0.2, 0.25) is 0 Å². The van der Waals surface area contributed by atoms with Crippen LogP contribution in [0.15, 0.2) is 180 Å². The fraction of sp³-hybridized carbons (Fsp3) is 0.565. The maximum absolute atomic E-state index is 12.4. The third kappa shape index (κ3) is 10.1. The molecule has 13 nitrogen and oxygen atoms in total. The molecule has 11 heterocycles. The first kappa shape index (κ1) is 66.8. The van der Waals surface area contributed by atoms with Crippen LogP contribution in [0, 0.1) is 34.0 Å². The number of pyridine rings is 3. The van der Waals surface area contributed by atoms with Crippen molar-refractivity contribution in [3.63, 3.8) is 0 Å². The molecular weight excluding hydrogens is 1300 g/mol. The lowest BCUT2D eigenvalue weighted by Gasteiger charge is -2.54. The van der Waals surface area contributed by atoms with Gasteiger partial charge in [0.2, 0.25) is 0 Å². The summed E-state index contributed by atoms with van der Waals surface area (Å²) in [5, 5.41) is 35.9. The summed E-state index contributed by atoms with van der Waals surface area (Å²) in [5.74, 6) is 3.63. The van der Waals surface area contributed by atoms with Crippen molar-refractivity contribution in [2.75, 3.05) is 39.5 Å². The maximum atomic E-state index is 12.4. The van der Waals surface area contributed by atoms with Crippen molar-refractivity contribution < 1.29 is 38.7 Å². The largest absolute Gasteiger partial charge is 0.384 e. The van der Waals surface area contributed by atoms with Crippen LogP contribution in [-0.2, 0) is 28.5 Å². The molecular formula is C92H105N5O8. The van der Waals surface area contributed by atoms with Crippen LogP contribution in [0.5, 0.6) is 0 Å². The molecule has 17 aliphatic rings. The van der Waals surface area contributed by atoms with Gasteiger partial charge in [-0.25, -0.2) is 0 Å². The molecule has 3 aromatic carbocycles. The minimum Gasteiger partial charge on any atom is -0.384 e. The van der Waals surface area contributed by atoms with E-state index in [0.29, 0.717) is 106 Å². The number of aromatic nitrogens is 3. The van der Waals surface area contributed by atoms with Gasteiger partial charge in [0.1, 0.15) is 17.0 Å². The van der Waals surface area contributed by atoms with E-state index in [2.05, 4.69) is 156 Å². The number of carbonyl (C=O) groups is 1. The number of hydrogen-bond donors (Lipinski definition) is 4. The zero-order valence-corrected chi connectivity index (χ0v) is 61.9. The number of nitrogens with one attached hydrogen (secondary N) is 2. The molecule has 13 heteroatoms. The Hall–Kier alpha value is -6.36. The molecule has 17 atom stereocenters. The zero-order valence-electron chi connectivity index (χ0n) is 61.9. The van der Waals surface area contributed by atoms with Crippen molar-refractivity contribution in [1.29, 1.82) is 0 Å². The Labute approximate surface area is 618 Å². The Morgan fingerprint density at radius 1 is 0.429 bits per heavy atom. The normalized spacial score (nSPS) is 41.1. The van der Waals surface area contributed by atoms with Crippen LogP contribution in [0.1, 0.15) is 209 Å². The van der Waals surface area contributed by atoms with Crippen LogP contribution in [-0.4, -0.2) is 127 Å². The van der Waals surface area contributed by atoms with Gasteiger partial charge in [0.15, 0.2) is 0 Å². The minimum absolute atomic E-state index is 0.128. The third-order valence-corrected chi connectivity index (χ3v) is 32.0. The highest BCUT2D eigenvalue weighted by Crippen LogP contribution is 2.73. The lowest BCUT2D eigenvalue weighted by molar-refractivity contribution is -0.177. The number of rotatable bonds is 9. The van der Waals surface area contributed by atoms with Gasteiger partial charge in [0.05, 0.1) is 60.0 Å². The molecule has 11 fully saturated rings. The molecule has 23 rings (SSSR count). The van der Waals surface area contributed by atoms with E-state index in [-0.39, 0.29) is 49.9 Å². The SMILES string of the molecule is C[C@]12CC=C3C=C4CCC(=O)C[C@]45CC[C@]3(O5)[C@@H]1CC[C@@H]2c1ccc2ccncc2c1.C[C@]12CC=C3C=C4CC[C@@H](NCC5(O)COC5)C[C@]45CC[C@]3(O5)[C@@H]1CC[C@@H]2c1ccc2ccncc2c1.C[C@]12CC=C3C=C4CC[C@H](NCC5(O)COC5)C[C@]45CC[C@]3(O5)[C@@H]1CC[C@@H]2c1ccc2ccncc2c1. The minimum atomic E-state index is -0.684. The number of allylic oxidation sites excluding steroid dienone is 3. The maximum Gasteiger partial charge on any atom is 0.136 e. The van der Waals surface area contributed by atoms with Crippen molar-refractivity contribution in [2.45, 2.75) is 250 Å². The predicted octanol–water partition coefficient (Wildman–Crippen LogP) is 16.4. The smallest absolute Gasteiger partial charge is 0.136 e. The predicted molar refractivity (Wildman–Crippen MR) is 407 cm³/mol. The van der Waals surface area contributed by atoms with Gasteiger partial charge in [0.25, 0.3) is 0 Å². The summed E-state index contributed by atoms with van der Waals surface area (Å²) in [7, 11) is 0. The topological polar surface area (TPSA) is 166 Å². The second-order valence-corrected chi connectivity index (χ2v) is 37.4. The number of benzene rings is 3. The molecule has 8 aliphatic heterocycles. The molecule has 546 valence electrons. The van der Waals surface area contributed by atoms with E-state index in [1.807, 2.05) is 37.2 Å². The monoisotopic (exact) mass is 1410 g/mol. The number of Topliss-reactive ketones (excluding diaryl/α,β-unsaturated/α-hetero) is 1. The Bertz CT molecular complexity index is 4590. The number of nitrogens with zero attached hydrogens (tertiary/aromatic N) is 3. The summed E-state index contributed by atoms with van der Waals surface area (Å²) in [6.45, 7) is 10.6. The van der Waals surface area contributed by atoms with Gasteiger partial charge in [-0.2, -0.15) is 0 Å². The second kappa shape index (κ2) is 23.8. The van der Waals surface area contributed by atoms with E-state index in [0.717, 1.165) is 103 Å². The fourth-order valence-corrected chi connectivity index (χ4v) is 26.5. The molecule has 0 unspecified atom stereocenters. The number of hydrogen-bond acceptors (Lipinski definition) is 13. The van der Waals surface area contributed by atoms with E-state index >= 15 is 0 Å². The zero-order chi connectivity index (χ0) is 70.6. The van der Waals surface area contributed by atoms with E-state index < -0.39 is 11.2 Å². The number of fused-ring (bicyclic) bond motifs is 6. The van der Waals surface area contributed by atoms with Crippen molar-refractivity contribution in [3.05, 3.63) is 197 Å². The summed E-state index contributed by atoms with van der Waals surface area (Å²) >= 11 is 0. The number of ether oxygens (including phenoxy) is 5. The first-order valence-corrected chi connectivity index (χ1v) is 40.8. The molecule has 6 spiro atoms. The summed E-state index contributed by atoms with van der Waals surface area (Å²) in [6, 6.07) is 28.1. The molecule has 6 saturated carbocycles. The molecule has 6 bridgehead atoms. The van der Waals surface area contributed by atoms with Crippen LogP contribution >= 0.6 is 0 Å². The van der Waals surface area contributed by atoms with Crippen LogP contribution in [0.3, 0.4) is 0 Å². The van der Waals surface area contributed by atoms with Gasteiger partial charge in [-0.3, -0.25) is 19.7 Å². The van der Waals surface area contributed by atoms with Crippen LogP contribution < -0.4 is 10.6 Å². The van der Waals surface area contributed by atoms with Crippen LogP contribution in [0.25, 0.3) is 32.3 Å². The highest BCUT2D eigenvalue weighted by Gasteiger charge is 2.70. The fourth-order valence-electron chi connectivity index (χ4n) is 26.5. The van der Waals surface area contributed by atoms with Gasteiger partial charge in [-0.15, -0.1) is 0 Å². The van der Waals surface area contributed by atoms with Gasteiger partial charge < -0.3 is 44.5 Å². The van der Waals surface area contributed by atoms with E-state index in [4.69, 9.17) is 23.7 Å². The number of aliphatic hydroxyl groups is 2. The average molecular weight is 1410 g/mol. The van der Waals surface area contributed by atoms with Crippen LogP contribution in [0.4, 0.5) is 0 Å². The van der Waals surface area contributed by atoms with Gasteiger partial charge in [-0.1, -0.05) is 93.6 Å². The van der Waals surface area contributed by atoms with Gasteiger partial charge in [0, 0.05) is 91.4 Å². The van der Waals surface area contributed by atoms with Gasteiger partial charge in [-0.05, 0) is 296 Å². The molecule has 3 aromatic heterocycles. The molecule has 9 aliphatic carbocycles. The molecule has 0 radical (unpaired) electrons. The standard InChI is InChI=1S/2C32H38N2O3.C28H29NO2/c2*1-29-10-8-25-15-24-4-5-26(34-18-30(35)19-36-20-30)16-31(24)11-12-32(25,37-31)28(29)7-6-27(29)22-3-2-21-9-13-33-17-23(21)14-22;1-26-10-8-22-15-21-4-5-23(30)16-27(21)11-12-28(22,31-27)25(26)7-6-24(26)19-3-2-18-9-13-29-17-20(18)14-19/h2*2-3,8-9,13-15,17,26-28,34-35H,4-7,10-12,16,18-20H2,1H3;2-3,8-9,13-15,17,24-25H,4-7,10-12,16H2,1H3/t26-,27+,28+,29+,31+,32+;26-,27-,28-,29-,31-,32-;24-,25-,26-,27-,28-/m011/s1. The number of ketones is 1. The molecule has 6 aromatic rings. The molecule has 5 saturated heterocycles. The Morgan fingerprint density at radius 2 is 0.800 bits per heavy atom. The highest BCUT2D eigenvalue weighted by molar-refractivity contribution is 5.85. The van der Waals surface area contributed by atoms with E-state index in [9.17, 15) is 15.0 Å². The number of carbonyl (C=O) groups excluding carboxylic acids is 1. The Morgan fingerprint density at radius 3 is 1.18 bits per heavy atom. The Balaban J connectivity index is 0.000000102. The highest BCUT2D eigenvalue weighted by atomic mass is 16.6. The molecule has 105 heavy (non-hydrogen) atoms. The quantitative estimate of drug-likeness (QED) is 0.108.